The molecule has 1 aliphatic rings. The van der Waals surface area contributed by atoms with Crippen LogP contribution in [0.5, 0.6) is 5.88 Å². The van der Waals surface area contributed by atoms with Crippen molar-refractivity contribution in [3.05, 3.63) is 82.8 Å². The molecule has 0 fully saturated rings. The fraction of sp³-hybridized carbons (Fsp3) is 0.250. The molecule has 0 radical (unpaired) electrons. The number of rotatable bonds is 5. The van der Waals surface area contributed by atoms with Crippen molar-refractivity contribution in [3.63, 3.8) is 0 Å². The number of benzene rings is 1. The highest BCUT2D eigenvalue weighted by Crippen LogP contribution is 2.34. The minimum absolute atomic E-state index is 0.0829. The van der Waals surface area contributed by atoms with Crippen LogP contribution in [-0.4, -0.2) is 36.4 Å². The second-order valence-corrected chi connectivity index (χ2v) is 8.03. The molecule has 0 spiro atoms. The van der Waals surface area contributed by atoms with Gasteiger partial charge in [-0.05, 0) is 50.1 Å². The quantitative estimate of drug-likeness (QED) is 0.399. The Kier molecular flexibility index (Phi) is 5.64. The topological polar surface area (TPSA) is 70.7 Å². The molecule has 174 valence electrons. The molecule has 0 amide bonds. The highest BCUT2D eigenvalue weighted by molar-refractivity contribution is 5.65. The first-order valence-electron chi connectivity index (χ1n) is 10.8. The fourth-order valence-corrected chi connectivity index (χ4v) is 4.14. The number of methoxy groups -OCH3 is 1. The molecule has 3 aromatic heterocycles. The van der Waals surface area contributed by atoms with Crippen molar-refractivity contribution in [2.24, 2.45) is 0 Å². The molecule has 1 aromatic carbocycles. The number of fused-ring (bicyclic) bond motifs is 1. The second kappa shape index (κ2) is 8.77. The Hall–Kier alpha value is -3.95. The third kappa shape index (κ3) is 3.95. The summed E-state index contributed by atoms with van der Waals surface area (Å²) in [4.78, 5) is 13.3. The molecule has 10 heteroatoms. The molecule has 4 aromatic rings. The van der Waals surface area contributed by atoms with Crippen LogP contribution in [0.4, 0.5) is 13.2 Å². The Bertz CT molecular complexity index is 1390. The second-order valence-electron chi connectivity index (χ2n) is 8.03. The van der Waals surface area contributed by atoms with Crippen LogP contribution in [0.2, 0.25) is 0 Å². The van der Waals surface area contributed by atoms with Crippen LogP contribution in [0, 0.1) is 24.4 Å². The minimum Gasteiger partial charge on any atom is -0.479 e. The van der Waals surface area contributed by atoms with E-state index >= 15 is 0 Å². The predicted molar refractivity (Wildman–Crippen MR) is 119 cm³/mol. The maximum Gasteiger partial charge on any atom is 0.238 e. The van der Waals surface area contributed by atoms with Gasteiger partial charge < -0.3 is 9.30 Å². The lowest BCUT2D eigenvalue weighted by molar-refractivity contribution is 0.395. The van der Waals surface area contributed by atoms with E-state index in [4.69, 9.17) is 4.74 Å². The van der Waals surface area contributed by atoms with Gasteiger partial charge in [0.25, 0.3) is 0 Å². The van der Waals surface area contributed by atoms with Crippen LogP contribution in [0.25, 0.3) is 17.8 Å². The van der Waals surface area contributed by atoms with Gasteiger partial charge in [-0.1, -0.05) is 6.07 Å². The molecular formula is C24H21F3N6O. The van der Waals surface area contributed by atoms with Gasteiger partial charge in [-0.15, -0.1) is 0 Å². The first-order chi connectivity index (χ1) is 16.4. The fourth-order valence-electron chi connectivity index (χ4n) is 4.14. The molecule has 1 aliphatic heterocycles. The van der Waals surface area contributed by atoms with E-state index in [1.54, 1.807) is 30.3 Å². The molecule has 34 heavy (non-hydrogen) atoms. The summed E-state index contributed by atoms with van der Waals surface area (Å²) < 4.78 is 50.6. The zero-order valence-electron chi connectivity index (χ0n) is 18.5. The summed E-state index contributed by atoms with van der Waals surface area (Å²) in [5.74, 6) is -2.99. The van der Waals surface area contributed by atoms with Gasteiger partial charge in [-0.2, -0.15) is 5.10 Å². The van der Waals surface area contributed by atoms with Gasteiger partial charge in [0.15, 0.2) is 23.3 Å². The van der Waals surface area contributed by atoms with Gasteiger partial charge in [0, 0.05) is 24.2 Å². The Morgan fingerprint density at radius 2 is 1.91 bits per heavy atom. The van der Waals surface area contributed by atoms with Crippen molar-refractivity contribution >= 4 is 12.2 Å². The maximum absolute atomic E-state index is 14.4. The lowest BCUT2D eigenvalue weighted by atomic mass is 9.90. The molecule has 7 nitrogen and oxygen atoms in total. The van der Waals surface area contributed by atoms with Crippen molar-refractivity contribution in [2.75, 3.05) is 7.11 Å². The smallest absolute Gasteiger partial charge is 0.238 e. The molecule has 4 heterocycles. The first-order valence-corrected chi connectivity index (χ1v) is 10.8. The van der Waals surface area contributed by atoms with Crippen molar-refractivity contribution < 1.29 is 17.9 Å². The van der Waals surface area contributed by atoms with E-state index in [9.17, 15) is 13.2 Å². The van der Waals surface area contributed by atoms with Crippen molar-refractivity contribution in [3.8, 4) is 11.6 Å². The average molecular weight is 466 g/mol. The summed E-state index contributed by atoms with van der Waals surface area (Å²) >= 11 is 0. The molecular weight excluding hydrogens is 445 g/mol. The highest BCUT2D eigenvalue weighted by Gasteiger charge is 2.29. The molecule has 0 bridgehead atoms. The number of imidazole rings is 1. The van der Waals surface area contributed by atoms with Crippen LogP contribution in [0.15, 0.2) is 36.8 Å². The first kappa shape index (κ1) is 21.9. The van der Waals surface area contributed by atoms with Crippen LogP contribution >= 0.6 is 0 Å². The van der Waals surface area contributed by atoms with Gasteiger partial charge in [0.05, 0.1) is 24.8 Å². The predicted octanol–water partition coefficient (Wildman–Crippen LogP) is 4.69. The normalized spacial score (nSPS) is 15.6. The van der Waals surface area contributed by atoms with E-state index < -0.39 is 23.4 Å². The van der Waals surface area contributed by atoms with Gasteiger partial charge in [0.1, 0.15) is 11.5 Å². The average Bonchev–Trinajstić information content (AvgIpc) is 3.47. The van der Waals surface area contributed by atoms with E-state index in [0.29, 0.717) is 36.2 Å². The summed E-state index contributed by atoms with van der Waals surface area (Å²) in [7, 11) is 1.55. The number of ether oxygens (including phenoxy) is 1. The van der Waals surface area contributed by atoms with Gasteiger partial charge in [-0.3, -0.25) is 0 Å². The third-order valence-electron chi connectivity index (χ3n) is 5.78. The number of aromatic nitrogens is 6. The van der Waals surface area contributed by atoms with Crippen LogP contribution in [-0.2, 0) is 6.54 Å². The zero-order chi connectivity index (χ0) is 23.8. The molecule has 5 rings (SSSR count). The van der Waals surface area contributed by atoms with Gasteiger partial charge in [-0.25, -0.2) is 32.8 Å². The van der Waals surface area contributed by atoms with Crippen LogP contribution in [0.1, 0.15) is 47.4 Å². The zero-order valence-corrected chi connectivity index (χ0v) is 18.5. The number of halogens is 3. The Morgan fingerprint density at radius 1 is 1.06 bits per heavy atom. The lowest BCUT2D eigenvalue weighted by Crippen LogP contribution is -2.19. The van der Waals surface area contributed by atoms with Gasteiger partial charge >= 0.3 is 0 Å². The van der Waals surface area contributed by atoms with E-state index in [1.807, 2.05) is 29.8 Å². The Labute approximate surface area is 193 Å². The SMILES string of the molecule is COc1nc(/C=C/c2nc3n(n2)CCCC3c2ccc(F)c(F)c2F)ccc1-n1cnc(C)c1. The van der Waals surface area contributed by atoms with E-state index in [1.165, 1.54) is 6.07 Å². The summed E-state index contributed by atoms with van der Waals surface area (Å²) in [6.07, 6.45) is 8.30. The minimum atomic E-state index is -1.47. The molecule has 0 saturated heterocycles. The number of hydrogen-bond donors (Lipinski definition) is 0. The number of pyridine rings is 1. The summed E-state index contributed by atoms with van der Waals surface area (Å²) in [5, 5.41) is 4.48. The van der Waals surface area contributed by atoms with E-state index in [0.717, 1.165) is 23.9 Å². The summed E-state index contributed by atoms with van der Waals surface area (Å²) in [5.41, 5.74) is 2.35. The molecule has 0 saturated carbocycles. The molecule has 0 N–H and O–H groups in total. The van der Waals surface area contributed by atoms with Crippen LogP contribution < -0.4 is 4.74 Å². The summed E-state index contributed by atoms with van der Waals surface area (Å²) in [6.45, 7) is 2.51. The standard InChI is InChI=1S/C24H21F3N6O/c1-14-12-32(13-28-14)19-9-5-15(29-24(19)34-2)6-10-20-30-23-17(4-3-11-33(23)31-20)16-7-8-18(25)22(27)21(16)26/h5-10,12-13,17H,3-4,11H2,1-2H3/b10-6+. The number of nitrogens with zero attached hydrogens (tertiary/aromatic N) is 6. The number of aryl methyl sites for hydroxylation is 2. The Balaban J connectivity index is 1.43. The molecule has 1 atom stereocenters. The summed E-state index contributed by atoms with van der Waals surface area (Å²) in [6, 6.07) is 5.93. The lowest BCUT2D eigenvalue weighted by Gasteiger charge is -2.22. The van der Waals surface area contributed by atoms with E-state index in [2.05, 4.69) is 20.1 Å². The third-order valence-corrected chi connectivity index (χ3v) is 5.78. The van der Waals surface area contributed by atoms with Crippen molar-refractivity contribution in [1.82, 2.24) is 29.3 Å². The molecule has 0 aliphatic carbocycles. The van der Waals surface area contributed by atoms with E-state index in [-0.39, 0.29) is 5.56 Å². The number of hydrogen-bond acceptors (Lipinski definition) is 5. The largest absolute Gasteiger partial charge is 0.479 e. The Morgan fingerprint density at radius 3 is 2.68 bits per heavy atom. The maximum atomic E-state index is 14.4. The highest BCUT2D eigenvalue weighted by atomic mass is 19.2. The van der Waals surface area contributed by atoms with Crippen molar-refractivity contribution in [2.45, 2.75) is 32.2 Å². The van der Waals surface area contributed by atoms with Crippen molar-refractivity contribution in [1.29, 1.82) is 0 Å². The monoisotopic (exact) mass is 466 g/mol. The van der Waals surface area contributed by atoms with Crippen LogP contribution in [0.3, 0.4) is 0 Å². The van der Waals surface area contributed by atoms with Gasteiger partial charge in [0.2, 0.25) is 5.88 Å². The molecule has 1 unspecified atom stereocenters.